The topological polar surface area (TPSA) is 70.2 Å². The zero-order valence-corrected chi connectivity index (χ0v) is 15.9. The number of rotatable bonds is 4. The molecule has 0 bridgehead atoms. The minimum atomic E-state index is -0.972. The van der Waals surface area contributed by atoms with Gasteiger partial charge in [-0.05, 0) is 36.9 Å². The van der Waals surface area contributed by atoms with Crippen molar-refractivity contribution in [2.24, 2.45) is 0 Å². The molecule has 2 aliphatic rings. The van der Waals surface area contributed by atoms with Crippen LogP contribution in [0.1, 0.15) is 38.0 Å². The number of hydrogen-bond acceptors (Lipinski definition) is 6. The summed E-state index contributed by atoms with van der Waals surface area (Å²) in [7, 11) is 0. The number of nitrogens with zero attached hydrogens (tertiary/aromatic N) is 3. The number of likely N-dealkylation sites (N-methyl/N-ethyl adjacent to an activating group) is 1. The molecule has 2 heterocycles. The smallest absolute Gasteiger partial charge is 0.364 e. The van der Waals surface area contributed by atoms with Gasteiger partial charge < -0.3 is 14.6 Å². The standard InChI is InChI=1S/C21H20FN3O4/c1-2-23-9-11-24(12-10-23)18-8-7-14(13-17(18)22)21(28)29-25-19(26)15-5-3-4-6-16(15)20(25)27/h3-8,13H,2,9-12H2,1H3. The fraction of sp³-hybridized carbons (Fsp3) is 0.286. The highest BCUT2D eigenvalue weighted by Crippen LogP contribution is 2.25. The van der Waals surface area contributed by atoms with Gasteiger partial charge in [-0.3, -0.25) is 9.59 Å². The predicted molar refractivity (Wildman–Crippen MR) is 103 cm³/mol. The Morgan fingerprint density at radius 1 is 1.00 bits per heavy atom. The van der Waals surface area contributed by atoms with Crippen LogP contribution in [0.15, 0.2) is 42.5 Å². The quantitative estimate of drug-likeness (QED) is 0.738. The van der Waals surface area contributed by atoms with Crippen LogP contribution < -0.4 is 4.90 Å². The summed E-state index contributed by atoms with van der Waals surface area (Å²) >= 11 is 0. The van der Waals surface area contributed by atoms with Crippen LogP contribution in [0.5, 0.6) is 0 Å². The van der Waals surface area contributed by atoms with Gasteiger partial charge in [0.05, 0.1) is 22.4 Å². The first-order valence-corrected chi connectivity index (χ1v) is 9.46. The van der Waals surface area contributed by atoms with Gasteiger partial charge in [0.2, 0.25) is 0 Å². The van der Waals surface area contributed by atoms with Gasteiger partial charge in [0.15, 0.2) is 0 Å². The molecule has 2 aromatic rings. The Kier molecular flexibility index (Phi) is 5.02. The average Bonchev–Trinajstić information content (AvgIpc) is 2.99. The van der Waals surface area contributed by atoms with E-state index in [4.69, 9.17) is 4.84 Å². The summed E-state index contributed by atoms with van der Waals surface area (Å²) in [5, 5.41) is 0.419. The molecule has 1 fully saturated rings. The molecule has 0 N–H and O–H groups in total. The highest BCUT2D eigenvalue weighted by molar-refractivity contribution is 6.21. The van der Waals surface area contributed by atoms with Gasteiger partial charge in [-0.1, -0.05) is 24.1 Å². The van der Waals surface area contributed by atoms with Crippen molar-refractivity contribution < 1.29 is 23.6 Å². The highest BCUT2D eigenvalue weighted by Gasteiger charge is 2.38. The monoisotopic (exact) mass is 397 g/mol. The van der Waals surface area contributed by atoms with Crippen molar-refractivity contribution in [3.05, 3.63) is 65.0 Å². The van der Waals surface area contributed by atoms with Crippen molar-refractivity contribution in [2.45, 2.75) is 6.92 Å². The lowest BCUT2D eigenvalue weighted by molar-refractivity contribution is -0.0584. The lowest BCUT2D eigenvalue weighted by Gasteiger charge is -2.35. The van der Waals surface area contributed by atoms with E-state index in [1.807, 2.05) is 4.90 Å². The minimum absolute atomic E-state index is 0.0741. The van der Waals surface area contributed by atoms with Crippen molar-refractivity contribution in [2.75, 3.05) is 37.6 Å². The van der Waals surface area contributed by atoms with E-state index in [2.05, 4.69) is 11.8 Å². The van der Waals surface area contributed by atoms with Gasteiger partial charge in [0.1, 0.15) is 5.82 Å². The molecule has 0 saturated carbocycles. The third-order valence-corrected chi connectivity index (χ3v) is 5.27. The van der Waals surface area contributed by atoms with Gasteiger partial charge in [0, 0.05) is 26.2 Å². The normalized spacial score (nSPS) is 16.9. The maximum Gasteiger partial charge on any atom is 0.364 e. The zero-order chi connectivity index (χ0) is 20.5. The summed E-state index contributed by atoms with van der Waals surface area (Å²) in [5.41, 5.74) is 0.670. The lowest BCUT2D eigenvalue weighted by Crippen LogP contribution is -2.46. The average molecular weight is 397 g/mol. The molecular weight excluding hydrogens is 377 g/mol. The van der Waals surface area contributed by atoms with E-state index in [-0.39, 0.29) is 16.7 Å². The van der Waals surface area contributed by atoms with E-state index < -0.39 is 23.6 Å². The summed E-state index contributed by atoms with van der Waals surface area (Å²) in [4.78, 5) is 46.2. The molecular formula is C21H20FN3O4. The van der Waals surface area contributed by atoms with Gasteiger partial charge in [0.25, 0.3) is 11.8 Å². The van der Waals surface area contributed by atoms with Gasteiger partial charge >= 0.3 is 5.97 Å². The van der Waals surface area contributed by atoms with E-state index in [1.54, 1.807) is 12.1 Å². The summed E-state index contributed by atoms with van der Waals surface area (Å²) in [6.45, 7) is 6.13. The van der Waals surface area contributed by atoms with E-state index in [1.165, 1.54) is 24.3 Å². The molecule has 150 valence electrons. The first-order chi connectivity index (χ1) is 14.0. The Balaban J connectivity index is 1.47. The van der Waals surface area contributed by atoms with Crippen LogP contribution in [0, 0.1) is 5.82 Å². The Labute approximate surface area is 167 Å². The van der Waals surface area contributed by atoms with Crippen LogP contribution in [0.25, 0.3) is 0 Å². The molecule has 4 rings (SSSR count). The summed E-state index contributed by atoms with van der Waals surface area (Å²) < 4.78 is 14.6. The van der Waals surface area contributed by atoms with Gasteiger partial charge in [-0.15, -0.1) is 0 Å². The Morgan fingerprint density at radius 2 is 1.62 bits per heavy atom. The SMILES string of the molecule is CCN1CCN(c2ccc(C(=O)ON3C(=O)c4ccccc4C3=O)cc2F)CC1. The number of hydroxylamine groups is 2. The van der Waals surface area contributed by atoms with Crippen LogP contribution in [0.3, 0.4) is 0 Å². The lowest BCUT2D eigenvalue weighted by atomic mass is 10.1. The highest BCUT2D eigenvalue weighted by atomic mass is 19.1. The second-order valence-electron chi connectivity index (χ2n) is 6.92. The van der Waals surface area contributed by atoms with Crippen LogP contribution in [-0.4, -0.2) is 60.5 Å². The second kappa shape index (κ2) is 7.63. The number of anilines is 1. The number of piperazine rings is 1. The number of halogens is 1. The van der Waals surface area contributed by atoms with Crippen LogP contribution >= 0.6 is 0 Å². The molecule has 29 heavy (non-hydrogen) atoms. The third-order valence-electron chi connectivity index (χ3n) is 5.27. The molecule has 0 aromatic heterocycles. The molecule has 0 spiro atoms. The fourth-order valence-corrected chi connectivity index (χ4v) is 3.58. The molecule has 2 aliphatic heterocycles. The van der Waals surface area contributed by atoms with E-state index in [0.717, 1.165) is 25.7 Å². The number of carbonyl (C=O) groups excluding carboxylic acids is 3. The Hall–Kier alpha value is -3.26. The molecule has 2 aromatic carbocycles. The number of carbonyl (C=O) groups is 3. The summed E-state index contributed by atoms with van der Waals surface area (Å²) in [6, 6.07) is 10.2. The molecule has 1 saturated heterocycles. The second-order valence-corrected chi connectivity index (χ2v) is 6.92. The molecule has 8 heteroatoms. The fourth-order valence-electron chi connectivity index (χ4n) is 3.58. The molecule has 0 aliphatic carbocycles. The first kappa shape index (κ1) is 19.1. The van der Waals surface area contributed by atoms with Crippen LogP contribution in [0.2, 0.25) is 0 Å². The maximum absolute atomic E-state index is 14.6. The number of benzene rings is 2. The number of imide groups is 1. The van der Waals surface area contributed by atoms with E-state index in [0.29, 0.717) is 23.8 Å². The third kappa shape index (κ3) is 3.47. The van der Waals surface area contributed by atoms with Gasteiger partial charge in [-0.25, -0.2) is 9.18 Å². The minimum Gasteiger partial charge on any atom is -0.367 e. The predicted octanol–water partition coefficient (Wildman–Crippen LogP) is 2.34. The Bertz CT molecular complexity index is 951. The molecule has 0 atom stereocenters. The summed E-state index contributed by atoms with van der Waals surface area (Å²) in [6.07, 6.45) is 0. The van der Waals surface area contributed by atoms with Crippen LogP contribution in [0.4, 0.5) is 10.1 Å². The van der Waals surface area contributed by atoms with Crippen molar-refractivity contribution in [1.82, 2.24) is 9.96 Å². The molecule has 7 nitrogen and oxygen atoms in total. The zero-order valence-electron chi connectivity index (χ0n) is 15.9. The largest absolute Gasteiger partial charge is 0.367 e. The molecule has 2 amide bonds. The summed E-state index contributed by atoms with van der Waals surface area (Å²) in [5.74, 6) is -2.96. The van der Waals surface area contributed by atoms with Crippen molar-refractivity contribution in [1.29, 1.82) is 0 Å². The van der Waals surface area contributed by atoms with Crippen LogP contribution in [-0.2, 0) is 4.84 Å². The first-order valence-electron chi connectivity index (χ1n) is 9.46. The van der Waals surface area contributed by atoms with Crippen molar-refractivity contribution in [3.8, 4) is 0 Å². The van der Waals surface area contributed by atoms with E-state index >= 15 is 0 Å². The van der Waals surface area contributed by atoms with Crippen molar-refractivity contribution >= 4 is 23.5 Å². The molecule has 0 radical (unpaired) electrons. The number of amides is 2. The number of hydrogen-bond donors (Lipinski definition) is 0. The van der Waals surface area contributed by atoms with E-state index in [9.17, 15) is 18.8 Å². The number of fused-ring (bicyclic) bond motifs is 1. The maximum atomic E-state index is 14.6. The molecule has 0 unspecified atom stereocenters. The van der Waals surface area contributed by atoms with Crippen molar-refractivity contribution in [3.63, 3.8) is 0 Å². The Morgan fingerprint density at radius 3 is 2.17 bits per heavy atom. The van der Waals surface area contributed by atoms with Gasteiger partial charge in [-0.2, -0.15) is 0 Å².